The van der Waals surface area contributed by atoms with Gasteiger partial charge in [-0.3, -0.25) is 0 Å². The van der Waals surface area contributed by atoms with E-state index in [9.17, 15) is 0 Å². The smallest absolute Gasteiger partial charge is 0.127 e. The van der Waals surface area contributed by atoms with Crippen molar-refractivity contribution in [3.05, 3.63) is 66.4 Å². The Kier molecular flexibility index (Phi) is 4.28. The molecule has 0 fully saturated rings. The maximum atomic E-state index is 4.26. The second kappa shape index (κ2) is 6.53. The van der Waals surface area contributed by atoms with Gasteiger partial charge in [0.05, 0.1) is 6.20 Å². The van der Waals surface area contributed by atoms with E-state index in [1.165, 1.54) is 10.9 Å². The molecule has 0 unspecified atom stereocenters. The second-order valence-corrected chi connectivity index (χ2v) is 5.76. The van der Waals surface area contributed by atoms with Gasteiger partial charge in [0.2, 0.25) is 0 Å². The molecule has 0 saturated heterocycles. The standard InChI is InChI=1S/C17H16N2S/c1-2-7-14(8-3-1)9-6-12-20-17-16-11-5-4-10-15(16)13-18-19-17/h1-5,7-8,10-11,13H,6,9,12H2. The highest BCUT2D eigenvalue weighted by molar-refractivity contribution is 7.99. The number of fused-ring (bicyclic) bond motifs is 1. The van der Waals surface area contributed by atoms with Crippen LogP contribution in [0.4, 0.5) is 0 Å². The summed E-state index contributed by atoms with van der Waals surface area (Å²) in [6, 6.07) is 18.9. The molecule has 3 heteroatoms. The number of aromatic nitrogens is 2. The highest BCUT2D eigenvalue weighted by Gasteiger charge is 2.03. The SMILES string of the molecule is c1ccc(CCCSc2nncc3ccccc23)cc1. The molecule has 0 radical (unpaired) electrons. The minimum absolute atomic E-state index is 1.04. The summed E-state index contributed by atoms with van der Waals surface area (Å²) in [4.78, 5) is 0. The molecule has 100 valence electrons. The van der Waals surface area contributed by atoms with Gasteiger partial charge in [0.1, 0.15) is 5.03 Å². The van der Waals surface area contributed by atoms with Crippen molar-refractivity contribution >= 4 is 22.5 Å². The number of benzene rings is 2. The predicted molar refractivity (Wildman–Crippen MR) is 85.0 cm³/mol. The Labute approximate surface area is 123 Å². The fourth-order valence-electron chi connectivity index (χ4n) is 2.20. The van der Waals surface area contributed by atoms with Crippen LogP contribution in [0.2, 0.25) is 0 Å². The lowest BCUT2D eigenvalue weighted by molar-refractivity contribution is 0.921. The Balaban J connectivity index is 1.60. The molecule has 2 nitrogen and oxygen atoms in total. The molecule has 0 aliphatic heterocycles. The zero-order valence-corrected chi connectivity index (χ0v) is 12.0. The van der Waals surface area contributed by atoms with Crippen LogP contribution < -0.4 is 0 Å². The van der Waals surface area contributed by atoms with E-state index in [1.54, 1.807) is 11.8 Å². The number of hydrogen-bond acceptors (Lipinski definition) is 3. The van der Waals surface area contributed by atoms with Crippen LogP contribution in [0.5, 0.6) is 0 Å². The van der Waals surface area contributed by atoms with E-state index in [4.69, 9.17) is 0 Å². The van der Waals surface area contributed by atoms with Crippen molar-refractivity contribution in [3.63, 3.8) is 0 Å². The van der Waals surface area contributed by atoms with E-state index in [-0.39, 0.29) is 0 Å². The molecule has 1 aromatic heterocycles. The van der Waals surface area contributed by atoms with Gasteiger partial charge in [0.25, 0.3) is 0 Å². The number of aryl methyl sites for hydroxylation is 1. The Morgan fingerprint density at radius 2 is 1.70 bits per heavy atom. The van der Waals surface area contributed by atoms with Gasteiger partial charge in [-0.25, -0.2) is 0 Å². The molecule has 3 aromatic rings. The van der Waals surface area contributed by atoms with Gasteiger partial charge in [-0.1, -0.05) is 54.6 Å². The van der Waals surface area contributed by atoms with Crippen molar-refractivity contribution in [3.8, 4) is 0 Å². The first-order valence-electron chi connectivity index (χ1n) is 6.80. The lowest BCUT2D eigenvalue weighted by Gasteiger charge is -2.04. The average molecular weight is 280 g/mol. The quantitative estimate of drug-likeness (QED) is 0.513. The fourth-order valence-corrected chi connectivity index (χ4v) is 3.13. The van der Waals surface area contributed by atoms with E-state index in [0.29, 0.717) is 0 Å². The molecule has 0 saturated carbocycles. The van der Waals surface area contributed by atoms with Crippen molar-refractivity contribution in [2.45, 2.75) is 17.9 Å². The van der Waals surface area contributed by atoms with Crippen LogP contribution in [0.15, 0.2) is 65.8 Å². The van der Waals surface area contributed by atoms with Crippen LogP contribution in [0.25, 0.3) is 10.8 Å². The first kappa shape index (κ1) is 13.1. The average Bonchev–Trinajstić information content (AvgIpc) is 2.53. The van der Waals surface area contributed by atoms with E-state index >= 15 is 0 Å². The maximum absolute atomic E-state index is 4.26. The summed E-state index contributed by atoms with van der Waals surface area (Å²) in [7, 11) is 0. The number of nitrogens with zero attached hydrogens (tertiary/aromatic N) is 2. The third kappa shape index (κ3) is 3.17. The molecule has 0 amide bonds. The third-order valence-corrected chi connectivity index (χ3v) is 4.30. The zero-order chi connectivity index (χ0) is 13.6. The molecule has 0 atom stereocenters. The molecule has 0 aliphatic carbocycles. The van der Waals surface area contributed by atoms with E-state index in [1.807, 2.05) is 12.3 Å². The van der Waals surface area contributed by atoms with Gasteiger partial charge >= 0.3 is 0 Å². The van der Waals surface area contributed by atoms with Gasteiger partial charge in [0.15, 0.2) is 0 Å². The summed E-state index contributed by atoms with van der Waals surface area (Å²) >= 11 is 1.80. The van der Waals surface area contributed by atoms with Crippen molar-refractivity contribution < 1.29 is 0 Å². The molecular formula is C17H16N2S. The van der Waals surface area contributed by atoms with E-state index in [2.05, 4.69) is 58.7 Å². The molecular weight excluding hydrogens is 264 g/mol. The van der Waals surface area contributed by atoms with Crippen molar-refractivity contribution in [1.29, 1.82) is 0 Å². The largest absolute Gasteiger partial charge is 0.157 e. The van der Waals surface area contributed by atoms with Gasteiger partial charge in [-0.15, -0.1) is 16.9 Å². The lowest BCUT2D eigenvalue weighted by Crippen LogP contribution is -1.91. The van der Waals surface area contributed by atoms with E-state index < -0.39 is 0 Å². The fraction of sp³-hybridized carbons (Fsp3) is 0.176. The highest BCUT2D eigenvalue weighted by atomic mass is 32.2. The topological polar surface area (TPSA) is 25.8 Å². The molecule has 2 aromatic carbocycles. The van der Waals surface area contributed by atoms with Crippen LogP contribution in [0.3, 0.4) is 0 Å². The summed E-state index contributed by atoms with van der Waals surface area (Å²) in [5, 5.41) is 11.7. The molecule has 0 spiro atoms. The molecule has 0 N–H and O–H groups in total. The Morgan fingerprint density at radius 1 is 0.900 bits per heavy atom. The van der Waals surface area contributed by atoms with Crippen molar-refractivity contribution in [1.82, 2.24) is 10.2 Å². The summed E-state index contributed by atoms with van der Waals surface area (Å²) in [5.74, 6) is 1.07. The molecule has 3 rings (SSSR count). The summed E-state index contributed by atoms with van der Waals surface area (Å²) in [5.41, 5.74) is 1.40. The highest BCUT2D eigenvalue weighted by Crippen LogP contribution is 2.25. The molecule has 20 heavy (non-hydrogen) atoms. The van der Waals surface area contributed by atoms with Crippen LogP contribution >= 0.6 is 11.8 Å². The van der Waals surface area contributed by atoms with Crippen molar-refractivity contribution in [2.75, 3.05) is 5.75 Å². The normalized spacial score (nSPS) is 10.8. The van der Waals surface area contributed by atoms with E-state index in [0.717, 1.165) is 29.0 Å². The Hall–Kier alpha value is -1.87. The molecule has 0 bridgehead atoms. The molecule has 0 aliphatic rings. The van der Waals surface area contributed by atoms with Crippen molar-refractivity contribution in [2.24, 2.45) is 0 Å². The zero-order valence-electron chi connectivity index (χ0n) is 11.2. The number of thioether (sulfide) groups is 1. The van der Waals surface area contributed by atoms with Crippen LogP contribution in [0.1, 0.15) is 12.0 Å². The maximum Gasteiger partial charge on any atom is 0.127 e. The third-order valence-electron chi connectivity index (χ3n) is 3.23. The van der Waals surface area contributed by atoms with Gasteiger partial charge in [-0.2, -0.15) is 5.10 Å². The van der Waals surface area contributed by atoms with Crippen LogP contribution in [-0.2, 0) is 6.42 Å². The minimum Gasteiger partial charge on any atom is -0.157 e. The summed E-state index contributed by atoms with van der Waals surface area (Å²) < 4.78 is 0. The predicted octanol–water partition coefficient (Wildman–Crippen LogP) is 4.35. The summed E-state index contributed by atoms with van der Waals surface area (Å²) in [6.45, 7) is 0. The Bertz CT molecular complexity index is 677. The number of rotatable bonds is 5. The molecule has 1 heterocycles. The first-order valence-corrected chi connectivity index (χ1v) is 7.79. The first-order chi connectivity index (χ1) is 9.93. The summed E-state index contributed by atoms with van der Waals surface area (Å²) in [6.07, 6.45) is 4.09. The van der Waals surface area contributed by atoms with Gasteiger partial charge in [-0.05, 0) is 24.2 Å². The van der Waals surface area contributed by atoms with Gasteiger partial charge < -0.3 is 0 Å². The van der Waals surface area contributed by atoms with Crippen LogP contribution in [0, 0.1) is 0 Å². The minimum atomic E-state index is 1.04. The van der Waals surface area contributed by atoms with Crippen LogP contribution in [-0.4, -0.2) is 16.0 Å². The lowest BCUT2D eigenvalue weighted by atomic mass is 10.1. The number of hydrogen-bond donors (Lipinski definition) is 0. The second-order valence-electron chi connectivity index (χ2n) is 4.67. The van der Waals surface area contributed by atoms with Gasteiger partial charge in [0, 0.05) is 10.8 Å². The Morgan fingerprint density at radius 3 is 2.60 bits per heavy atom. The monoisotopic (exact) mass is 280 g/mol.